The Morgan fingerprint density at radius 1 is 1.44 bits per heavy atom. The number of carbonyl (C=O) groups is 1. The fraction of sp³-hybridized carbons (Fsp3) is 0.0769. The Hall–Kier alpha value is -0.900. The van der Waals surface area contributed by atoms with Crippen molar-refractivity contribution < 1.29 is 4.79 Å². The van der Waals surface area contributed by atoms with Crippen molar-refractivity contribution in [1.29, 1.82) is 5.26 Å². The van der Waals surface area contributed by atoms with E-state index in [0.29, 0.717) is 10.6 Å². The molecule has 0 fully saturated rings. The predicted octanol–water partition coefficient (Wildman–Crippen LogP) is 4.50. The average molecular weight is 388 g/mol. The van der Waals surface area contributed by atoms with Crippen LogP contribution in [0.4, 0.5) is 0 Å². The highest BCUT2D eigenvalue weighted by molar-refractivity contribution is 14.1. The van der Waals surface area contributed by atoms with Gasteiger partial charge in [-0.15, -0.1) is 11.3 Å². The van der Waals surface area contributed by atoms with E-state index < -0.39 is 5.92 Å². The Labute approximate surface area is 127 Å². The molecule has 1 atom stereocenters. The normalized spacial score (nSPS) is 11.8. The molecule has 5 heteroatoms. The van der Waals surface area contributed by atoms with Gasteiger partial charge in [0.15, 0.2) is 5.78 Å². The van der Waals surface area contributed by atoms with Crippen LogP contribution in [-0.2, 0) is 0 Å². The SMILES string of the molecule is N#CC(C(=O)c1cc(Cl)ccc1I)c1cccs1. The van der Waals surface area contributed by atoms with E-state index in [1.54, 1.807) is 24.3 Å². The Balaban J connectivity index is 2.42. The number of carbonyl (C=O) groups excluding carboxylic acids is 1. The second kappa shape index (κ2) is 5.83. The van der Waals surface area contributed by atoms with Crippen LogP contribution < -0.4 is 0 Å². The summed E-state index contributed by atoms with van der Waals surface area (Å²) in [5.41, 5.74) is 0.503. The Bertz CT molecular complexity index is 618. The van der Waals surface area contributed by atoms with Gasteiger partial charge in [-0.3, -0.25) is 4.79 Å². The molecule has 1 aromatic carbocycles. The Morgan fingerprint density at radius 3 is 2.83 bits per heavy atom. The highest BCUT2D eigenvalue weighted by Crippen LogP contribution is 2.27. The van der Waals surface area contributed by atoms with E-state index in [1.165, 1.54) is 11.3 Å². The third-order valence-corrected chi connectivity index (χ3v) is 4.53. The van der Waals surface area contributed by atoms with Gasteiger partial charge in [0.2, 0.25) is 0 Å². The first kappa shape index (κ1) is 13.5. The number of halogens is 2. The summed E-state index contributed by atoms with van der Waals surface area (Å²) in [4.78, 5) is 13.1. The molecule has 0 bridgehead atoms. The van der Waals surface area contributed by atoms with Gasteiger partial charge in [0, 0.05) is 19.0 Å². The van der Waals surface area contributed by atoms with Crippen molar-refractivity contribution in [3.05, 3.63) is 54.7 Å². The topological polar surface area (TPSA) is 40.9 Å². The van der Waals surface area contributed by atoms with Crippen LogP contribution in [0.1, 0.15) is 21.2 Å². The van der Waals surface area contributed by atoms with Gasteiger partial charge in [0.1, 0.15) is 5.92 Å². The van der Waals surface area contributed by atoms with Crippen LogP contribution in [-0.4, -0.2) is 5.78 Å². The number of hydrogen-bond acceptors (Lipinski definition) is 3. The van der Waals surface area contributed by atoms with E-state index in [1.807, 2.05) is 11.4 Å². The molecule has 2 rings (SSSR count). The van der Waals surface area contributed by atoms with Crippen molar-refractivity contribution in [2.24, 2.45) is 0 Å². The molecule has 90 valence electrons. The van der Waals surface area contributed by atoms with Gasteiger partial charge in [0.25, 0.3) is 0 Å². The number of benzene rings is 1. The molecule has 0 radical (unpaired) electrons. The zero-order valence-corrected chi connectivity index (χ0v) is 12.8. The fourth-order valence-corrected chi connectivity index (χ4v) is 3.09. The van der Waals surface area contributed by atoms with E-state index in [2.05, 4.69) is 28.7 Å². The third kappa shape index (κ3) is 2.74. The van der Waals surface area contributed by atoms with Gasteiger partial charge in [0.05, 0.1) is 6.07 Å². The van der Waals surface area contributed by atoms with Gasteiger partial charge in [-0.05, 0) is 52.2 Å². The molecule has 2 nitrogen and oxygen atoms in total. The van der Waals surface area contributed by atoms with Crippen molar-refractivity contribution in [2.45, 2.75) is 5.92 Å². The lowest BCUT2D eigenvalue weighted by Gasteiger charge is -2.08. The lowest BCUT2D eigenvalue weighted by Crippen LogP contribution is -2.11. The summed E-state index contributed by atoms with van der Waals surface area (Å²) in [5.74, 6) is -0.955. The Kier molecular flexibility index (Phi) is 4.38. The summed E-state index contributed by atoms with van der Waals surface area (Å²) in [6.07, 6.45) is 0. The minimum absolute atomic E-state index is 0.202. The van der Waals surface area contributed by atoms with Crippen LogP contribution in [0.15, 0.2) is 35.7 Å². The highest BCUT2D eigenvalue weighted by atomic mass is 127. The standard InChI is InChI=1S/C13H7ClINOS/c14-8-3-4-11(15)9(6-8)13(17)10(7-16)12-2-1-5-18-12/h1-6,10H. The first-order chi connectivity index (χ1) is 8.63. The van der Waals surface area contributed by atoms with Crippen molar-refractivity contribution in [1.82, 2.24) is 0 Å². The maximum Gasteiger partial charge on any atom is 0.186 e. The molecule has 1 heterocycles. The molecular weight excluding hydrogens is 381 g/mol. The van der Waals surface area contributed by atoms with Gasteiger partial charge < -0.3 is 0 Å². The van der Waals surface area contributed by atoms with Crippen molar-refractivity contribution in [2.75, 3.05) is 0 Å². The molecular formula is C13H7ClINOS. The first-order valence-corrected chi connectivity index (χ1v) is 7.39. The van der Waals surface area contributed by atoms with E-state index in [-0.39, 0.29) is 5.78 Å². The maximum absolute atomic E-state index is 12.4. The number of Topliss-reactive ketones (excluding diaryl/α,β-unsaturated/α-hetero) is 1. The molecule has 1 unspecified atom stereocenters. The number of thiophene rings is 1. The number of nitriles is 1. The van der Waals surface area contributed by atoms with Gasteiger partial charge in [-0.2, -0.15) is 5.26 Å². The smallest absolute Gasteiger partial charge is 0.186 e. The van der Waals surface area contributed by atoms with Crippen LogP contribution in [0.25, 0.3) is 0 Å². The number of rotatable bonds is 3. The summed E-state index contributed by atoms with van der Waals surface area (Å²) in [6, 6.07) is 10.8. The van der Waals surface area contributed by atoms with Gasteiger partial charge in [-0.25, -0.2) is 0 Å². The number of nitrogens with zero attached hydrogens (tertiary/aromatic N) is 1. The fourth-order valence-electron chi connectivity index (χ4n) is 1.55. The highest BCUT2D eigenvalue weighted by Gasteiger charge is 2.24. The maximum atomic E-state index is 12.4. The molecule has 0 saturated carbocycles. The van der Waals surface area contributed by atoms with E-state index in [4.69, 9.17) is 11.6 Å². The molecule has 0 spiro atoms. The summed E-state index contributed by atoms with van der Waals surface area (Å²) in [5, 5.41) is 11.5. The predicted molar refractivity (Wildman–Crippen MR) is 81.2 cm³/mol. The molecule has 1 aromatic heterocycles. The molecule has 0 aliphatic carbocycles. The van der Waals surface area contributed by atoms with E-state index in [0.717, 1.165) is 8.45 Å². The number of hydrogen-bond donors (Lipinski definition) is 0. The van der Waals surface area contributed by atoms with E-state index >= 15 is 0 Å². The Morgan fingerprint density at radius 2 is 2.22 bits per heavy atom. The average Bonchev–Trinajstić information content (AvgIpc) is 2.87. The van der Waals surface area contributed by atoms with Crippen molar-refractivity contribution in [3.63, 3.8) is 0 Å². The van der Waals surface area contributed by atoms with Gasteiger partial charge in [-0.1, -0.05) is 17.7 Å². The minimum atomic E-state index is -0.753. The monoisotopic (exact) mass is 387 g/mol. The quantitative estimate of drug-likeness (QED) is 0.575. The second-order valence-electron chi connectivity index (χ2n) is 3.57. The molecule has 0 saturated heterocycles. The molecule has 0 aliphatic heterocycles. The van der Waals surface area contributed by atoms with Gasteiger partial charge >= 0.3 is 0 Å². The molecule has 2 aromatic rings. The zero-order chi connectivity index (χ0) is 13.1. The summed E-state index contributed by atoms with van der Waals surface area (Å²) >= 11 is 9.38. The van der Waals surface area contributed by atoms with Crippen LogP contribution in [0.2, 0.25) is 5.02 Å². The van der Waals surface area contributed by atoms with Crippen LogP contribution >= 0.6 is 45.5 Å². The molecule has 0 aliphatic rings. The summed E-state index contributed by atoms with van der Waals surface area (Å²) in [7, 11) is 0. The molecule has 0 amide bonds. The largest absolute Gasteiger partial charge is 0.292 e. The lowest BCUT2D eigenvalue weighted by atomic mass is 9.97. The number of ketones is 1. The lowest BCUT2D eigenvalue weighted by molar-refractivity contribution is 0.0979. The van der Waals surface area contributed by atoms with Crippen LogP contribution in [0, 0.1) is 14.9 Å². The molecule has 0 N–H and O–H groups in total. The second-order valence-corrected chi connectivity index (χ2v) is 6.14. The van der Waals surface area contributed by atoms with Crippen molar-refractivity contribution in [3.8, 4) is 6.07 Å². The minimum Gasteiger partial charge on any atom is -0.292 e. The molecule has 18 heavy (non-hydrogen) atoms. The summed E-state index contributed by atoms with van der Waals surface area (Å²) in [6.45, 7) is 0. The van der Waals surface area contributed by atoms with E-state index in [9.17, 15) is 10.1 Å². The zero-order valence-electron chi connectivity index (χ0n) is 9.06. The first-order valence-electron chi connectivity index (χ1n) is 5.05. The summed E-state index contributed by atoms with van der Waals surface area (Å²) < 4.78 is 0.804. The van der Waals surface area contributed by atoms with Crippen molar-refractivity contribution >= 4 is 51.3 Å². The third-order valence-electron chi connectivity index (χ3n) is 2.41. The van der Waals surface area contributed by atoms with Crippen LogP contribution in [0.5, 0.6) is 0 Å². The van der Waals surface area contributed by atoms with Crippen LogP contribution in [0.3, 0.4) is 0 Å².